The molecular weight excluding hydrogens is 390 g/mol. The van der Waals surface area contributed by atoms with Gasteiger partial charge in [0.05, 0.1) is 16.2 Å². The molecule has 0 aromatic heterocycles. The molecule has 7 nitrogen and oxygen atoms in total. The Morgan fingerprint density at radius 1 is 1.03 bits per heavy atom. The fourth-order valence-electron chi connectivity index (χ4n) is 3.06. The fraction of sp³-hybridized carbons (Fsp3) is 0.0476. The van der Waals surface area contributed by atoms with E-state index in [1.807, 2.05) is 18.2 Å². The highest BCUT2D eigenvalue weighted by molar-refractivity contribution is 7.99. The molecule has 1 N–H and O–H groups in total. The largest absolute Gasteiger partial charge is 0.322 e. The van der Waals surface area contributed by atoms with Gasteiger partial charge in [0, 0.05) is 40.2 Å². The molecule has 1 aliphatic heterocycles. The maximum absolute atomic E-state index is 12.7. The second kappa shape index (κ2) is 7.40. The van der Waals surface area contributed by atoms with Crippen LogP contribution in [-0.4, -0.2) is 23.8 Å². The Labute approximate surface area is 170 Å². The SMILES string of the molecule is CN1C(=O)c2ccccc2Sc2cc(NC(=O)c3cccc([N+](=O)[O-])c3)ccc21. The minimum absolute atomic E-state index is 0.0970. The summed E-state index contributed by atoms with van der Waals surface area (Å²) in [5.41, 5.74) is 1.95. The Balaban J connectivity index is 1.65. The van der Waals surface area contributed by atoms with Crippen molar-refractivity contribution in [2.75, 3.05) is 17.3 Å². The molecule has 3 aromatic rings. The molecule has 3 aromatic carbocycles. The van der Waals surface area contributed by atoms with Gasteiger partial charge in [-0.2, -0.15) is 0 Å². The zero-order valence-corrected chi connectivity index (χ0v) is 16.1. The van der Waals surface area contributed by atoms with Crippen LogP contribution in [0.4, 0.5) is 17.1 Å². The lowest BCUT2D eigenvalue weighted by Gasteiger charge is -2.18. The molecule has 0 saturated carbocycles. The van der Waals surface area contributed by atoms with Crippen molar-refractivity contribution in [1.82, 2.24) is 0 Å². The number of hydrogen-bond acceptors (Lipinski definition) is 5. The zero-order chi connectivity index (χ0) is 20.5. The summed E-state index contributed by atoms with van der Waals surface area (Å²) >= 11 is 1.45. The molecule has 144 valence electrons. The van der Waals surface area contributed by atoms with Crippen LogP contribution in [0.3, 0.4) is 0 Å². The summed E-state index contributed by atoms with van der Waals surface area (Å²) in [6, 6.07) is 18.2. The van der Waals surface area contributed by atoms with E-state index in [-0.39, 0.29) is 17.2 Å². The molecule has 0 radical (unpaired) electrons. The van der Waals surface area contributed by atoms with Crippen molar-refractivity contribution in [3.8, 4) is 0 Å². The highest BCUT2D eigenvalue weighted by atomic mass is 32.2. The van der Waals surface area contributed by atoms with Gasteiger partial charge in [0.25, 0.3) is 17.5 Å². The first kappa shape index (κ1) is 18.7. The molecule has 2 amide bonds. The number of hydrogen-bond donors (Lipinski definition) is 1. The van der Waals surface area contributed by atoms with E-state index in [9.17, 15) is 19.7 Å². The molecule has 0 spiro atoms. The summed E-state index contributed by atoms with van der Waals surface area (Å²) in [5, 5.41) is 13.7. The van der Waals surface area contributed by atoms with Gasteiger partial charge in [-0.25, -0.2) is 0 Å². The third-order valence-corrected chi connectivity index (χ3v) is 5.66. The van der Waals surface area contributed by atoms with Gasteiger partial charge in [0.2, 0.25) is 0 Å². The number of amides is 2. The molecule has 1 heterocycles. The summed E-state index contributed by atoms with van der Waals surface area (Å²) in [4.78, 5) is 38.9. The summed E-state index contributed by atoms with van der Waals surface area (Å²) in [6.07, 6.45) is 0. The first-order chi connectivity index (χ1) is 13.9. The lowest BCUT2D eigenvalue weighted by molar-refractivity contribution is -0.384. The van der Waals surface area contributed by atoms with Crippen molar-refractivity contribution in [2.24, 2.45) is 0 Å². The fourth-order valence-corrected chi connectivity index (χ4v) is 4.20. The Kier molecular flexibility index (Phi) is 4.77. The molecule has 29 heavy (non-hydrogen) atoms. The number of fused-ring (bicyclic) bond motifs is 2. The molecule has 4 rings (SSSR count). The van der Waals surface area contributed by atoms with Crippen LogP contribution < -0.4 is 10.2 Å². The normalized spacial score (nSPS) is 12.6. The standard InChI is InChI=1S/C21H15N3O4S/c1-23-17-10-9-14(22-20(25)13-5-4-6-15(11-13)24(27)28)12-19(17)29-18-8-3-2-7-16(18)21(23)26/h2-12H,1H3,(H,22,25). The monoisotopic (exact) mass is 405 g/mol. The lowest BCUT2D eigenvalue weighted by atomic mass is 10.1. The number of nitro benzene ring substituents is 1. The minimum Gasteiger partial charge on any atom is -0.322 e. The maximum atomic E-state index is 12.7. The second-order valence-electron chi connectivity index (χ2n) is 6.41. The smallest absolute Gasteiger partial charge is 0.270 e. The molecule has 0 saturated heterocycles. The molecule has 0 aliphatic carbocycles. The van der Waals surface area contributed by atoms with Crippen LogP contribution in [0.1, 0.15) is 20.7 Å². The van der Waals surface area contributed by atoms with E-state index in [2.05, 4.69) is 5.32 Å². The average molecular weight is 405 g/mol. The highest BCUT2D eigenvalue weighted by Crippen LogP contribution is 2.42. The van der Waals surface area contributed by atoms with Gasteiger partial charge in [-0.05, 0) is 36.4 Å². The third-order valence-electron chi connectivity index (χ3n) is 4.54. The van der Waals surface area contributed by atoms with Gasteiger partial charge in [0.15, 0.2) is 0 Å². The van der Waals surface area contributed by atoms with E-state index in [1.54, 1.807) is 36.2 Å². The van der Waals surface area contributed by atoms with Crippen LogP contribution in [0, 0.1) is 10.1 Å². The Morgan fingerprint density at radius 2 is 1.83 bits per heavy atom. The van der Waals surface area contributed by atoms with Crippen molar-refractivity contribution < 1.29 is 14.5 Å². The van der Waals surface area contributed by atoms with E-state index in [0.717, 1.165) is 15.5 Å². The van der Waals surface area contributed by atoms with Gasteiger partial charge >= 0.3 is 0 Å². The number of nitrogens with one attached hydrogen (secondary N) is 1. The first-order valence-electron chi connectivity index (χ1n) is 8.69. The Hall–Kier alpha value is -3.65. The topological polar surface area (TPSA) is 92.6 Å². The number of anilines is 2. The number of carbonyl (C=O) groups excluding carboxylic acids is 2. The first-order valence-corrected chi connectivity index (χ1v) is 9.50. The van der Waals surface area contributed by atoms with E-state index in [4.69, 9.17) is 0 Å². The number of nitro groups is 1. The van der Waals surface area contributed by atoms with Crippen LogP contribution in [0.2, 0.25) is 0 Å². The molecule has 8 heteroatoms. The summed E-state index contributed by atoms with van der Waals surface area (Å²) in [5.74, 6) is -0.544. The Bertz CT molecular complexity index is 1160. The van der Waals surface area contributed by atoms with E-state index in [0.29, 0.717) is 11.3 Å². The molecule has 1 aliphatic rings. The van der Waals surface area contributed by atoms with Crippen LogP contribution in [0.5, 0.6) is 0 Å². The summed E-state index contributed by atoms with van der Waals surface area (Å²) < 4.78 is 0. The van der Waals surface area contributed by atoms with E-state index < -0.39 is 10.8 Å². The van der Waals surface area contributed by atoms with Gasteiger partial charge in [-0.1, -0.05) is 30.0 Å². The van der Waals surface area contributed by atoms with Crippen LogP contribution >= 0.6 is 11.8 Å². The number of non-ortho nitro benzene ring substituents is 1. The predicted octanol–water partition coefficient (Wildman–Crippen LogP) is 4.59. The molecule has 0 unspecified atom stereocenters. The molecule has 0 atom stereocenters. The van der Waals surface area contributed by atoms with Crippen molar-refractivity contribution in [2.45, 2.75) is 9.79 Å². The van der Waals surface area contributed by atoms with Gasteiger partial charge in [-0.15, -0.1) is 0 Å². The molecular formula is C21H15N3O4S. The summed E-state index contributed by atoms with van der Waals surface area (Å²) in [6.45, 7) is 0. The molecule has 0 bridgehead atoms. The zero-order valence-electron chi connectivity index (χ0n) is 15.3. The van der Waals surface area contributed by atoms with Crippen LogP contribution in [0.15, 0.2) is 76.5 Å². The molecule has 0 fully saturated rings. The van der Waals surface area contributed by atoms with E-state index in [1.165, 1.54) is 36.0 Å². The van der Waals surface area contributed by atoms with Gasteiger partial charge in [0.1, 0.15) is 0 Å². The maximum Gasteiger partial charge on any atom is 0.270 e. The van der Waals surface area contributed by atoms with Gasteiger partial charge in [-0.3, -0.25) is 19.7 Å². The number of carbonyl (C=O) groups is 2. The van der Waals surface area contributed by atoms with Crippen molar-refractivity contribution in [1.29, 1.82) is 0 Å². The van der Waals surface area contributed by atoms with Crippen molar-refractivity contribution >= 4 is 40.6 Å². The lowest BCUT2D eigenvalue weighted by Crippen LogP contribution is -2.26. The third kappa shape index (κ3) is 3.57. The minimum atomic E-state index is -0.542. The quantitative estimate of drug-likeness (QED) is 0.508. The number of rotatable bonds is 3. The van der Waals surface area contributed by atoms with E-state index >= 15 is 0 Å². The Morgan fingerprint density at radius 3 is 2.62 bits per heavy atom. The van der Waals surface area contributed by atoms with Crippen molar-refractivity contribution in [3.05, 3.63) is 88.0 Å². The second-order valence-corrected chi connectivity index (χ2v) is 7.49. The highest BCUT2D eigenvalue weighted by Gasteiger charge is 2.24. The number of benzene rings is 3. The van der Waals surface area contributed by atoms with Gasteiger partial charge < -0.3 is 10.2 Å². The summed E-state index contributed by atoms with van der Waals surface area (Å²) in [7, 11) is 1.71. The number of nitrogens with zero attached hydrogens (tertiary/aromatic N) is 2. The average Bonchev–Trinajstić information content (AvgIpc) is 2.83. The van der Waals surface area contributed by atoms with Crippen LogP contribution in [-0.2, 0) is 0 Å². The van der Waals surface area contributed by atoms with Crippen LogP contribution in [0.25, 0.3) is 0 Å². The predicted molar refractivity (Wildman–Crippen MR) is 111 cm³/mol. The van der Waals surface area contributed by atoms with Crippen molar-refractivity contribution in [3.63, 3.8) is 0 Å².